The highest BCUT2D eigenvalue weighted by molar-refractivity contribution is 8.00. The van der Waals surface area contributed by atoms with Gasteiger partial charge in [-0.25, -0.2) is 9.18 Å². The normalized spacial score (nSPS) is 15.5. The average molecular weight is 682 g/mol. The zero-order chi connectivity index (χ0) is 33.8. The Morgan fingerprint density at radius 1 is 0.958 bits per heavy atom. The highest BCUT2D eigenvalue weighted by atomic mass is 32.2. The molecule has 0 aliphatic carbocycles. The fraction of sp³-hybridized carbons (Fsp3) is 0.139. The summed E-state index contributed by atoms with van der Waals surface area (Å²) in [6, 6.07) is 26.0. The molecule has 0 bridgehead atoms. The minimum atomic E-state index is -1.09. The van der Waals surface area contributed by atoms with Gasteiger partial charge in [-0.3, -0.25) is 14.5 Å². The van der Waals surface area contributed by atoms with Crippen LogP contribution in [0.15, 0.2) is 107 Å². The maximum Gasteiger partial charge on any atom is 0.337 e. The van der Waals surface area contributed by atoms with Gasteiger partial charge in [-0.1, -0.05) is 83.3 Å². The molecular formula is C36H28FN3O6S2. The third-order valence-corrected chi connectivity index (χ3v) is 9.72. The molecular weight excluding hydrogens is 654 g/mol. The largest absolute Gasteiger partial charge is 0.507 e. The van der Waals surface area contributed by atoms with E-state index in [1.165, 1.54) is 42.0 Å². The number of ketones is 1. The predicted molar refractivity (Wildman–Crippen MR) is 180 cm³/mol. The lowest BCUT2D eigenvalue weighted by atomic mass is 9.94. The molecule has 0 saturated carbocycles. The number of nitrogens with zero attached hydrogens (tertiary/aromatic N) is 3. The molecule has 9 nitrogen and oxygen atoms in total. The van der Waals surface area contributed by atoms with E-state index in [1.54, 1.807) is 54.6 Å². The van der Waals surface area contributed by atoms with Crippen LogP contribution in [-0.4, -0.2) is 40.1 Å². The van der Waals surface area contributed by atoms with Gasteiger partial charge in [-0.05, 0) is 66.1 Å². The number of hydrogen-bond donors (Lipinski definition) is 1. The second-order valence-corrected chi connectivity index (χ2v) is 13.0. The molecule has 1 aromatic heterocycles. The molecule has 1 N–H and O–H groups in total. The number of amides is 1. The van der Waals surface area contributed by atoms with Crippen molar-refractivity contribution in [3.05, 3.63) is 142 Å². The van der Waals surface area contributed by atoms with Crippen molar-refractivity contribution in [1.82, 2.24) is 10.2 Å². The van der Waals surface area contributed by atoms with E-state index < -0.39 is 23.7 Å². The molecule has 48 heavy (non-hydrogen) atoms. The molecule has 1 saturated heterocycles. The number of methoxy groups -OCH3 is 1. The zero-order valence-electron chi connectivity index (χ0n) is 25.8. The van der Waals surface area contributed by atoms with Crippen LogP contribution < -0.4 is 9.64 Å². The number of carbonyl (C=O) groups excluding carboxylic acids is 3. The van der Waals surface area contributed by atoms with Crippen LogP contribution in [0.5, 0.6) is 5.75 Å². The first kappa shape index (κ1) is 32.6. The van der Waals surface area contributed by atoms with Gasteiger partial charge in [0.15, 0.2) is 4.34 Å². The number of aliphatic hydroxyl groups excluding tert-OH is 1. The van der Waals surface area contributed by atoms with E-state index in [-0.39, 0.29) is 33.6 Å². The first-order chi connectivity index (χ1) is 23.2. The number of hydrogen-bond acceptors (Lipinski definition) is 10. The molecule has 4 aromatic carbocycles. The third kappa shape index (κ3) is 6.85. The Morgan fingerprint density at radius 3 is 2.40 bits per heavy atom. The first-order valence-electron chi connectivity index (χ1n) is 14.7. The maximum absolute atomic E-state index is 14.2. The summed E-state index contributed by atoms with van der Waals surface area (Å²) < 4.78 is 25.3. The van der Waals surface area contributed by atoms with E-state index in [2.05, 4.69) is 10.2 Å². The smallest absolute Gasteiger partial charge is 0.337 e. The number of carbonyl (C=O) groups is 3. The quantitative estimate of drug-likeness (QED) is 0.0405. The summed E-state index contributed by atoms with van der Waals surface area (Å²) in [5.41, 5.74) is 3.45. The number of esters is 1. The highest BCUT2D eigenvalue weighted by Gasteiger charge is 2.48. The summed E-state index contributed by atoms with van der Waals surface area (Å²) in [6.45, 7) is 2.35. The molecule has 12 heteroatoms. The Bertz CT molecular complexity index is 2030. The average Bonchev–Trinajstić information content (AvgIpc) is 3.68. The van der Waals surface area contributed by atoms with E-state index in [4.69, 9.17) is 9.47 Å². The monoisotopic (exact) mass is 681 g/mol. The second-order valence-electron chi connectivity index (χ2n) is 10.8. The number of Topliss-reactive ketones (excluding diaryl/α,β-unsaturated/α-hetero) is 1. The summed E-state index contributed by atoms with van der Waals surface area (Å²) in [6.07, 6.45) is 0. The lowest BCUT2D eigenvalue weighted by molar-refractivity contribution is -0.132. The Labute approximate surface area is 283 Å². The minimum Gasteiger partial charge on any atom is -0.507 e. The van der Waals surface area contributed by atoms with E-state index >= 15 is 0 Å². The van der Waals surface area contributed by atoms with Gasteiger partial charge >= 0.3 is 11.9 Å². The zero-order valence-corrected chi connectivity index (χ0v) is 27.4. The number of anilines is 1. The van der Waals surface area contributed by atoms with Gasteiger partial charge < -0.3 is 14.6 Å². The van der Waals surface area contributed by atoms with Crippen LogP contribution in [0.3, 0.4) is 0 Å². The lowest BCUT2D eigenvalue weighted by Crippen LogP contribution is -2.29. The van der Waals surface area contributed by atoms with Gasteiger partial charge in [0.1, 0.15) is 23.9 Å². The number of ether oxygens (including phenoxy) is 2. The number of benzene rings is 4. The topological polar surface area (TPSA) is 119 Å². The van der Waals surface area contributed by atoms with Gasteiger partial charge in [0, 0.05) is 11.3 Å². The van der Waals surface area contributed by atoms with Crippen molar-refractivity contribution >= 4 is 51.6 Å². The number of aliphatic hydroxyl groups is 1. The Hall–Kier alpha value is -5.33. The van der Waals surface area contributed by atoms with Gasteiger partial charge in [0.2, 0.25) is 5.13 Å². The standard InChI is InChI=1S/C36H28FN3O6S2/c1-21-6-5-7-22(18-21)19-46-27-16-14-24(15-17-27)31(41)29-30(23-10-12-25(13-11-23)34(44)45-2)40(33(43)32(29)42)35-38-39-36(48-35)47-20-26-8-3-4-9-28(26)37/h3-18,30,41H,19-20H2,1-2H3/b31-29+. The molecule has 1 aliphatic rings. The summed E-state index contributed by atoms with van der Waals surface area (Å²) in [5, 5.41) is 20.0. The van der Waals surface area contributed by atoms with Crippen LogP contribution in [0.1, 0.15) is 44.2 Å². The van der Waals surface area contributed by atoms with Crippen molar-refractivity contribution in [2.24, 2.45) is 0 Å². The Balaban J connectivity index is 1.32. The fourth-order valence-electron chi connectivity index (χ4n) is 5.21. The van der Waals surface area contributed by atoms with Crippen LogP contribution in [-0.2, 0) is 26.7 Å². The number of rotatable bonds is 10. The van der Waals surface area contributed by atoms with E-state index in [0.29, 0.717) is 33.4 Å². The molecule has 0 radical (unpaired) electrons. The molecule has 6 rings (SSSR count). The first-order valence-corrected chi connectivity index (χ1v) is 16.5. The molecule has 1 fully saturated rings. The molecule has 1 amide bonds. The van der Waals surface area contributed by atoms with Crippen LogP contribution in [0, 0.1) is 12.7 Å². The summed E-state index contributed by atoms with van der Waals surface area (Å²) in [5.74, 6) is -2.27. The highest BCUT2D eigenvalue weighted by Crippen LogP contribution is 2.44. The van der Waals surface area contributed by atoms with E-state index in [1.807, 2.05) is 31.2 Å². The number of halogens is 1. The van der Waals surface area contributed by atoms with Crippen LogP contribution in [0.25, 0.3) is 5.76 Å². The van der Waals surface area contributed by atoms with Crippen LogP contribution in [0.4, 0.5) is 9.52 Å². The van der Waals surface area contributed by atoms with Crippen LogP contribution in [0.2, 0.25) is 0 Å². The summed E-state index contributed by atoms with van der Waals surface area (Å²) >= 11 is 2.30. The SMILES string of the molecule is COC(=O)c1ccc(C2/C(=C(\O)c3ccc(OCc4cccc(C)c4)cc3)C(=O)C(=O)N2c2nnc(SCc3ccccc3F)s2)cc1. The molecule has 2 heterocycles. The van der Waals surface area contributed by atoms with Gasteiger partial charge in [0.25, 0.3) is 5.78 Å². The summed E-state index contributed by atoms with van der Waals surface area (Å²) in [7, 11) is 1.27. The van der Waals surface area contributed by atoms with Gasteiger partial charge in [-0.2, -0.15) is 0 Å². The Kier molecular flexibility index (Phi) is 9.65. The maximum atomic E-state index is 14.2. The minimum absolute atomic E-state index is 0.120. The molecule has 242 valence electrons. The third-order valence-electron chi connectivity index (χ3n) is 7.62. The van der Waals surface area contributed by atoms with Crippen LogP contribution >= 0.6 is 23.1 Å². The predicted octanol–water partition coefficient (Wildman–Crippen LogP) is 7.27. The molecule has 5 aromatic rings. The number of aromatic nitrogens is 2. The van der Waals surface area contributed by atoms with E-state index in [9.17, 15) is 23.9 Å². The fourth-order valence-corrected chi connectivity index (χ4v) is 7.06. The molecule has 1 aliphatic heterocycles. The molecule has 1 atom stereocenters. The van der Waals surface area contributed by atoms with Crippen molar-refractivity contribution in [2.75, 3.05) is 12.0 Å². The van der Waals surface area contributed by atoms with Crippen molar-refractivity contribution < 1.29 is 33.4 Å². The van der Waals surface area contributed by atoms with Crippen molar-refractivity contribution in [1.29, 1.82) is 0 Å². The Morgan fingerprint density at radius 2 is 1.69 bits per heavy atom. The van der Waals surface area contributed by atoms with Crippen molar-refractivity contribution in [2.45, 2.75) is 29.7 Å². The molecule has 0 spiro atoms. The molecule has 1 unspecified atom stereocenters. The number of aryl methyl sites for hydroxylation is 1. The summed E-state index contributed by atoms with van der Waals surface area (Å²) in [4.78, 5) is 40.5. The van der Waals surface area contributed by atoms with Crippen molar-refractivity contribution in [3.8, 4) is 5.75 Å². The van der Waals surface area contributed by atoms with Gasteiger partial charge in [0.05, 0.1) is 24.3 Å². The van der Waals surface area contributed by atoms with Crippen molar-refractivity contribution in [3.63, 3.8) is 0 Å². The van der Waals surface area contributed by atoms with E-state index in [0.717, 1.165) is 22.5 Å². The lowest BCUT2D eigenvalue weighted by Gasteiger charge is -2.22. The van der Waals surface area contributed by atoms with Gasteiger partial charge in [-0.15, -0.1) is 10.2 Å². The number of thioether (sulfide) groups is 1. The second kappa shape index (κ2) is 14.2.